The van der Waals surface area contributed by atoms with Gasteiger partial charge in [-0.1, -0.05) is 39.0 Å². The zero-order valence-corrected chi connectivity index (χ0v) is 18.8. The third-order valence-corrected chi connectivity index (χ3v) is 6.81. The van der Waals surface area contributed by atoms with Gasteiger partial charge in [0.25, 0.3) is 0 Å². The van der Waals surface area contributed by atoms with Crippen molar-refractivity contribution in [3.8, 4) is 17.1 Å². The number of methoxy groups -OCH3 is 1. The van der Waals surface area contributed by atoms with Crippen LogP contribution in [0, 0.1) is 5.41 Å². The second-order valence-corrected chi connectivity index (χ2v) is 9.44. The van der Waals surface area contributed by atoms with Crippen molar-refractivity contribution in [1.29, 1.82) is 0 Å². The van der Waals surface area contributed by atoms with Gasteiger partial charge < -0.3 is 10.1 Å². The molecule has 2 aromatic rings. The third-order valence-electron chi connectivity index (χ3n) is 6.81. The number of ether oxygens (including phenoxy) is 1. The van der Waals surface area contributed by atoms with Gasteiger partial charge in [-0.05, 0) is 29.9 Å². The van der Waals surface area contributed by atoms with E-state index < -0.39 is 5.41 Å². The lowest BCUT2D eigenvalue weighted by Gasteiger charge is -2.47. The van der Waals surface area contributed by atoms with Crippen molar-refractivity contribution >= 4 is 5.78 Å². The van der Waals surface area contributed by atoms with Crippen LogP contribution in [0.1, 0.15) is 45.6 Å². The average molecular weight is 430 g/mol. The molecule has 2 unspecified atom stereocenters. The number of allylic oxidation sites excluding steroid dienone is 2. The normalized spacial score (nSPS) is 25.7. The van der Waals surface area contributed by atoms with E-state index in [4.69, 9.17) is 4.74 Å². The van der Waals surface area contributed by atoms with Crippen molar-refractivity contribution in [2.75, 3.05) is 7.11 Å². The van der Waals surface area contributed by atoms with Gasteiger partial charge in [-0.2, -0.15) is 10.2 Å². The van der Waals surface area contributed by atoms with Crippen LogP contribution in [-0.4, -0.2) is 29.0 Å². The molecule has 0 amide bonds. The van der Waals surface area contributed by atoms with Gasteiger partial charge in [0.05, 0.1) is 24.4 Å². The molecule has 7 nitrogen and oxygen atoms in total. The predicted octanol–water partition coefficient (Wildman–Crippen LogP) is 4.72. The van der Waals surface area contributed by atoms with Gasteiger partial charge >= 0.3 is 0 Å². The topological polar surface area (TPSA) is 88.8 Å². The second kappa shape index (κ2) is 7.36. The molecule has 1 aromatic carbocycles. The number of carbonyl (C=O) groups is 1. The number of rotatable bonds is 4. The van der Waals surface area contributed by atoms with Crippen LogP contribution >= 0.6 is 0 Å². The fraction of sp³-hybridized carbons (Fsp3) is 0.400. The SMILES string of the molecule is CCC1(c2cccc(-c3cc(OC)ncn3)c2)C2=CN=NC2NC2=C1C(=O)CC(C)(C)C2. The molecule has 3 aliphatic rings. The summed E-state index contributed by atoms with van der Waals surface area (Å²) in [4.78, 5) is 22.2. The average Bonchev–Trinajstić information content (AvgIpc) is 3.25. The van der Waals surface area contributed by atoms with Crippen molar-refractivity contribution in [1.82, 2.24) is 15.3 Å². The van der Waals surface area contributed by atoms with E-state index in [1.165, 1.54) is 6.33 Å². The summed E-state index contributed by atoms with van der Waals surface area (Å²) in [5.41, 5.74) is 5.02. The number of aromatic nitrogens is 2. The quantitative estimate of drug-likeness (QED) is 0.759. The molecule has 164 valence electrons. The minimum atomic E-state index is -0.574. The maximum atomic E-state index is 13.6. The standard InChI is InChI=1S/C25H27N5O2/c1-5-25(16-8-6-7-15(9-16)18-10-21(32-4)27-14-26-18)17-13-28-30-23(17)29-19-11-24(2,3)12-20(31)22(19)25/h6-10,13-14,23,29H,5,11-12H2,1-4H3. The van der Waals surface area contributed by atoms with Crippen LogP contribution in [0.25, 0.3) is 11.3 Å². The number of hydrogen-bond acceptors (Lipinski definition) is 7. The summed E-state index contributed by atoms with van der Waals surface area (Å²) in [7, 11) is 1.59. The molecule has 1 N–H and O–H groups in total. The highest BCUT2D eigenvalue weighted by molar-refractivity contribution is 6.01. The number of nitrogens with one attached hydrogen (secondary N) is 1. The van der Waals surface area contributed by atoms with E-state index >= 15 is 0 Å². The third kappa shape index (κ3) is 3.06. The summed E-state index contributed by atoms with van der Waals surface area (Å²) >= 11 is 0. The molecule has 0 fully saturated rings. The first-order chi connectivity index (χ1) is 15.4. The summed E-state index contributed by atoms with van der Waals surface area (Å²) in [6, 6.07) is 10.1. The molecule has 0 bridgehead atoms. The van der Waals surface area contributed by atoms with Crippen LogP contribution < -0.4 is 10.1 Å². The van der Waals surface area contributed by atoms with Crippen molar-refractivity contribution < 1.29 is 9.53 Å². The van der Waals surface area contributed by atoms with Gasteiger partial charge in [0.1, 0.15) is 6.33 Å². The van der Waals surface area contributed by atoms with Crippen LogP contribution in [0.5, 0.6) is 5.88 Å². The maximum Gasteiger partial charge on any atom is 0.216 e. The van der Waals surface area contributed by atoms with Crippen LogP contribution in [0.3, 0.4) is 0 Å². The summed E-state index contributed by atoms with van der Waals surface area (Å²) in [6.45, 7) is 6.43. The summed E-state index contributed by atoms with van der Waals surface area (Å²) < 4.78 is 5.28. The van der Waals surface area contributed by atoms with E-state index in [0.717, 1.165) is 46.5 Å². The Hall–Kier alpha value is -3.35. The molecule has 0 radical (unpaired) electrons. The Balaban J connectivity index is 1.71. The lowest BCUT2D eigenvalue weighted by Crippen LogP contribution is -2.51. The van der Waals surface area contributed by atoms with Gasteiger partial charge in [0.15, 0.2) is 11.9 Å². The molecule has 1 aliphatic carbocycles. The Morgan fingerprint density at radius 2 is 2.03 bits per heavy atom. The highest BCUT2D eigenvalue weighted by Gasteiger charge is 2.52. The number of azo groups is 1. The molecule has 2 atom stereocenters. The van der Waals surface area contributed by atoms with Crippen LogP contribution in [0.15, 0.2) is 69.9 Å². The number of fused-ring (bicyclic) bond motifs is 1. The highest BCUT2D eigenvalue weighted by Crippen LogP contribution is 2.53. The van der Waals surface area contributed by atoms with Gasteiger partial charge in [-0.3, -0.25) is 4.79 Å². The fourth-order valence-electron chi connectivity index (χ4n) is 5.44. The second-order valence-electron chi connectivity index (χ2n) is 9.44. The smallest absolute Gasteiger partial charge is 0.216 e. The van der Waals surface area contributed by atoms with Gasteiger partial charge in [-0.15, -0.1) is 0 Å². The number of carbonyl (C=O) groups excluding carboxylic acids is 1. The van der Waals surface area contributed by atoms with E-state index in [2.05, 4.69) is 58.4 Å². The molecule has 3 heterocycles. The lowest BCUT2D eigenvalue weighted by molar-refractivity contribution is -0.119. The maximum absolute atomic E-state index is 13.6. The number of benzene rings is 1. The van der Waals surface area contributed by atoms with Crippen LogP contribution in [-0.2, 0) is 10.2 Å². The number of Topliss-reactive ketones (excluding diaryl/α,β-unsaturated/α-hetero) is 1. The minimum Gasteiger partial charge on any atom is -0.481 e. The van der Waals surface area contributed by atoms with E-state index in [1.807, 2.05) is 24.4 Å². The fourth-order valence-corrected chi connectivity index (χ4v) is 5.44. The van der Waals surface area contributed by atoms with Crippen molar-refractivity contribution in [2.45, 2.75) is 51.6 Å². The molecule has 32 heavy (non-hydrogen) atoms. The number of hydrogen-bond donors (Lipinski definition) is 1. The van der Waals surface area contributed by atoms with E-state index in [0.29, 0.717) is 12.3 Å². The number of ketones is 1. The molecule has 0 saturated carbocycles. The molecule has 0 spiro atoms. The first-order valence-electron chi connectivity index (χ1n) is 11.0. The van der Waals surface area contributed by atoms with Gasteiger partial charge in [-0.25, -0.2) is 9.97 Å². The largest absolute Gasteiger partial charge is 0.481 e. The lowest BCUT2D eigenvalue weighted by atomic mass is 9.58. The Morgan fingerprint density at radius 1 is 1.19 bits per heavy atom. The van der Waals surface area contributed by atoms with E-state index in [-0.39, 0.29) is 17.4 Å². The first-order valence-corrected chi connectivity index (χ1v) is 11.0. The predicted molar refractivity (Wildman–Crippen MR) is 121 cm³/mol. The van der Waals surface area contributed by atoms with E-state index in [1.54, 1.807) is 7.11 Å². The summed E-state index contributed by atoms with van der Waals surface area (Å²) in [5, 5.41) is 12.2. The Kier molecular flexibility index (Phi) is 4.73. The Morgan fingerprint density at radius 3 is 2.81 bits per heavy atom. The number of nitrogens with zero attached hydrogens (tertiary/aromatic N) is 4. The zero-order valence-electron chi connectivity index (χ0n) is 18.8. The zero-order chi connectivity index (χ0) is 22.5. The Bertz CT molecular complexity index is 1200. The van der Waals surface area contributed by atoms with Crippen LogP contribution in [0.4, 0.5) is 0 Å². The molecular formula is C25H27N5O2. The summed E-state index contributed by atoms with van der Waals surface area (Å²) in [6.07, 6.45) is 5.18. The minimum absolute atomic E-state index is 0.0846. The Labute approximate surface area is 187 Å². The van der Waals surface area contributed by atoms with Crippen molar-refractivity contribution in [2.24, 2.45) is 15.6 Å². The van der Waals surface area contributed by atoms with Crippen LogP contribution in [0.2, 0.25) is 0 Å². The monoisotopic (exact) mass is 429 g/mol. The molecule has 2 aliphatic heterocycles. The molecule has 7 heteroatoms. The molecular weight excluding hydrogens is 402 g/mol. The summed E-state index contributed by atoms with van der Waals surface area (Å²) in [5.74, 6) is 0.712. The van der Waals surface area contributed by atoms with Crippen molar-refractivity contribution in [3.05, 3.63) is 65.3 Å². The highest BCUT2D eigenvalue weighted by atomic mass is 16.5. The van der Waals surface area contributed by atoms with E-state index in [9.17, 15) is 4.79 Å². The molecule has 1 aromatic heterocycles. The molecule has 0 saturated heterocycles. The van der Waals surface area contributed by atoms with Gasteiger partial charge in [0, 0.05) is 34.9 Å². The van der Waals surface area contributed by atoms with Crippen molar-refractivity contribution in [3.63, 3.8) is 0 Å². The molecule has 5 rings (SSSR count). The van der Waals surface area contributed by atoms with Gasteiger partial charge in [0.2, 0.25) is 5.88 Å². The first kappa shape index (κ1) is 20.5.